The summed E-state index contributed by atoms with van der Waals surface area (Å²) in [6.07, 6.45) is 2.59. The maximum absolute atomic E-state index is 13.5. The molecule has 2 aromatic carbocycles. The molecule has 0 saturated heterocycles. The van der Waals surface area contributed by atoms with Gasteiger partial charge in [-0.05, 0) is 43.2 Å². The van der Waals surface area contributed by atoms with Crippen molar-refractivity contribution in [3.8, 4) is 11.5 Å². The number of carbonyl (C=O) groups is 1. The zero-order chi connectivity index (χ0) is 19.6. The van der Waals surface area contributed by atoms with E-state index in [0.29, 0.717) is 52.0 Å². The normalized spacial score (nSPS) is 10.8. The zero-order valence-electron chi connectivity index (χ0n) is 15.5. The van der Waals surface area contributed by atoms with Gasteiger partial charge < -0.3 is 15.2 Å². The van der Waals surface area contributed by atoms with Crippen molar-refractivity contribution >= 4 is 28.1 Å². The first-order valence-corrected chi connectivity index (χ1v) is 8.70. The number of phenolic OH excluding ortho intramolecular Hbond substituents is 1. The first-order valence-electron chi connectivity index (χ1n) is 8.70. The highest BCUT2D eigenvalue weighted by atomic mass is 19.1. The van der Waals surface area contributed by atoms with Crippen LogP contribution in [-0.2, 0) is 0 Å². The van der Waals surface area contributed by atoms with Gasteiger partial charge in [-0.3, -0.25) is 9.78 Å². The molecule has 1 heterocycles. The number of carbonyl (C=O) groups excluding carboxylic acids is 1. The van der Waals surface area contributed by atoms with Gasteiger partial charge in [0, 0.05) is 29.8 Å². The van der Waals surface area contributed by atoms with E-state index in [0.717, 1.165) is 0 Å². The van der Waals surface area contributed by atoms with E-state index in [1.165, 1.54) is 37.6 Å². The summed E-state index contributed by atoms with van der Waals surface area (Å²) in [5, 5.41) is 13.9. The van der Waals surface area contributed by atoms with Crippen molar-refractivity contribution in [2.24, 2.45) is 0 Å². The molecular weight excluding hydrogens is 347 g/mol. The number of Topliss-reactive ketones (excluding diaryl/α,β-unsaturated/α-hetero) is 1. The minimum absolute atomic E-state index is 0.000110. The highest BCUT2D eigenvalue weighted by Crippen LogP contribution is 2.37. The maximum atomic E-state index is 13.5. The van der Waals surface area contributed by atoms with Crippen molar-refractivity contribution in [3.05, 3.63) is 53.5 Å². The summed E-state index contributed by atoms with van der Waals surface area (Å²) in [4.78, 5) is 17.0. The van der Waals surface area contributed by atoms with Crippen molar-refractivity contribution in [3.63, 3.8) is 0 Å². The number of hydrogen-bond acceptors (Lipinski definition) is 5. The van der Waals surface area contributed by atoms with Gasteiger partial charge in [0.2, 0.25) is 0 Å². The van der Waals surface area contributed by atoms with Gasteiger partial charge in [0.05, 0.1) is 18.4 Å². The molecule has 2 N–H and O–H groups in total. The van der Waals surface area contributed by atoms with Crippen molar-refractivity contribution in [2.45, 2.75) is 26.7 Å². The first-order chi connectivity index (χ1) is 12.9. The second kappa shape index (κ2) is 7.61. The summed E-state index contributed by atoms with van der Waals surface area (Å²) >= 11 is 0. The van der Waals surface area contributed by atoms with Crippen LogP contribution in [0.4, 0.5) is 15.8 Å². The number of hydrogen-bond donors (Lipinski definition) is 2. The van der Waals surface area contributed by atoms with Crippen LogP contribution in [0.1, 0.15) is 35.7 Å². The number of benzene rings is 2. The molecule has 27 heavy (non-hydrogen) atoms. The number of aromatic hydroxyl groups is 1. The second-order valence-electron chi connectivity index (χ2n) is 6.35. The smallest absolute Gasteiger partial charge is 0.166 e. The number of fused-ring (bicyclic) bond motifs is 1. The van der Waals surface area contributed by atoms with Gasteiger partial charge >= 0.3 is 0 Å². The van der Waals surface area contributed by atoms with Crippen LogP contribution in [0, 0.1) is 12.7 Å². The highest BCUT2D eigenvalue weighted by Gasteiger charge is 2.19. The number of pyridine rings is 1. The standard InChI is InChI=1S/C21H21FN2O3/c1-4-5-18(26)16-11-23-21-15(9-14(25)10-19(21)27-3)20(16)24-17-7-6-13(22)8-12(17)2/h6-11,25H,4-5H2,1-3H3,(H,23,24). The van der Waals surface area contributed by atoms with Crippen molar-refractivity contribution in [1.82, 2.24) is 4.98 Å². The van der Waals surface area contributed by atoms with Crippen LogP contribution < -0.4 is 10.1 Å². The Morgan fingerprint density at radius 1 is 1.30 bits per heavy atom. The van der Waals surface area contributed by atoms with Crippen LogP contribution in [0.2, 0.25) is 0 Å². The van der Waals surface area contributed by atoms with Gasteiger partial charge in [0.25, 0.3) is 0 Å². The van der Waals surface area contributed by atoms with Gasteiger partial charge in [-0.15, -0.1) is 0 Å². The predicted molar refractivity (Wildman–Crippen MR) is 104 cm³/mol. The minimum Gasteiger partial charge on any atom is -0.508 e. The van der Waals surface area contributed by atoms with E-state index in [1.807, 2.05) is 6.92 Å². The predicted octanol–water partition coefficient (Wildman–Crippen LogP) is 5.12. The third-order valence-electron chi connectivity index (χ3n) is 4.37. The summed E-state index contributed by atoms with van der Waals surface area (Å²) < 4.78 is 18.8. The monoisotopic (exact) mass is 368 g/mol. The molecule has 140 valence electrons. The van der Waals surface area contributed by atoms with E-state index in [2.05, 4.69) is 10.3 Å². The molecule has 0 aliphatic rings. The number of ketones is 1. The topological polar surface area (TPSA) is 71.5 Å². The molecule has 0 atom stereocenters. The molecule has 3 aromatic rings. The molecule has 0 bridgehead atoms. The number of anilines is 2. The molecule has 0 spiro atoms. The van der Waals surface area contributed by atoms with Gasteiger partial charge in [0.1, 0.15) is 22.8 Å². The summed E-state index contributed by atoms with van der Waals surface area (Å²) in [5.41, 5.74) is 2.81. The molecule has 5 nitrogen and oxygen atoms in total. The van der Waals surface area contributed by atoms with Crippen molar-refractivity contribution < 1.29 is 19.0 Å². The number of ether oxygens (including phenoxy) is 1. The van der Waals surface area contributed by atoms with Crippen LogP contribution in [0.25, 0.3) is 10.9 Å². The number of aryl methyl sites for hydroxylation is 1. The number of halogens is 1. The number of methoxy groups -OCH3 is 1. The third-order valence-corrected chi connectivity index (χ3v) is 4.37. The highest BCUT2D eigenvalue weighted by molar-refractivity contribution is 6.10. The second-order valence-corrected chi connectivity index (χ2v) is 6.35. The first kappa shape index (κ1) is 18.6. The Kier molecular flexibility index (Phi) is 5.26. The van der Waals surface area contributed by atoms with Gasteiger partial charge in [-0.1, -0.05) is 6.92 Å². The summed E-state index contributed by atoms with van der Waals surface area (Å²) in [5.74, 6) is 0.00851. The van der Waals surface area contributed by atoms with E-state index >= 15 is 0 Å². The quantitative estimate of drug-likeness (QED) is 0.591. The maximum Gasteiger partial charge on any atom is 0.166 e. The summed E-state index contributed by atoms with van der Waals surface area (Å²) in [6.45, 7) is 3.71. The number of rotatable bonds is 6. The van der Waals surface area contributed by atoms with Crippen molar-refractivity contribution in [1.29, 1.82) is 0 Å². The number of aromatic nitrogens is 1. The van der Waals surface area contributed by atoms with Crippen LogP contribution in [0.15, 0.2) is 36.5 Å². The lowest BCUT2D eigenvalue weighted by Gasteiger charge is -2.17. The average molecular weight is 368 g/mol. The van der Waals surface area contributed by atoms with E-state index in [9.17, 15) is 14.3 Å². The fourth-order valence-electron chi connectivity index (χ4n) is 3.02. The number of nitrogens with one attached hydrogen (secondary N) is 1. The third kappa shape index (κ3) is 3.69. The Balaban J connectivity index is 2.25. The fraction of sp³-hybridized carbons (Fsp3) is 0.238. The molecule has 6 heteroatoms. The summed E-state index contributed by atoms with van der Waals surface area (Å²) in [6, 6.07) is 7.39. The molecule has 0 unspecified atom stereocenters. The Hall–Kier alpha value is -3.15. The Morgan fingerprint density at radius 2 is 2.07 bits per heavy atom. The molecule has 0 amide bonds. The zero-order valence-corrected chi connectivity index (χ0v) is 15.5. The molecular formula is C21H21FN2O3. The Labute approximate surface area is 156 Å². The van der Waals surface area contributed by atoms with Gasteiger partial charge in [-0.2, -0.15) is 0 Å². The molecule has 3 rings (SSSR count). The largest absolute Gasteiger partial charge is 0.508 e. The Morgan fingerprint density at radius 3 is 2.74 bits per heavy atom. The molecule has 0 aliphatic heterocycles. The van der Waals surface area contributed by atoms with Crippen molar-refractivity contribution in [2.75, 3.05) is 12.4 Å². The lowest BCUT2D eigenvalue weighted by atomic mass is 10.0. The summed E-state index contributed by atoms with van der Waals surface area (Å²) in [7, 11) is 1.49. The van der Waals surface area contributed by atoms with Crippen LogP contribution >= 0.6 is 0 Å². The van der Waals surface area contributed by atoms with E-state index in [-0.39, 0.29) is 17.3 Å². The Bertz CT molecular complexity index is 1020. The van der Waals surface area contributed by atoms with E-state index in [1.54, 1.807) is 13.0 Å². The van der Waals surface area contributed by atoms with Crippen LogP contribution in [0.3, 0.4) is 0 Å². The lowest BCUT2D eigenvalue weighted by Crippen LogP contribution is -2.06. The van der Waals surface area contributed by atoms with Gasteiger partial charge in [0.15, 0.2) is 5.78 Å². The van der Waals surface area contributed by atoms with Crippen LogP contribution in [-0.4, -0.2) is 23.0 Å². The van der Waals surface area contributed by atoms with E-state index in [4.69, 9.17) is 4.74 Å². The van der Waals surface area contributed by atoms with Gasteiger partial charge in [-0.25, -0.2) is 4.39 Å². The number of nitrogens with zero attached hydrogens (tertiary/aromatic N) is 1. The van der Waals surface area contributed by atoms with E-state index < -0.39 is 0 Å². The fourth-order valence-corrected chi connectivity index (χ4v) is 3.02. The SMILES string of the molecule is CCCC(=O)c1cnc2c(OC)cc(O)cc2c1Nc1ccc(F)cc1C. The lowest BCUT2D eigenvalue weighted by molar-refractivity contribution is 0.0982. The molecule has 0 aliphatic carbocycles. The van der Waals surface area contributed by atoms with Crippen LogP contribution in [0.5, 0.6) is 11.5 Å². The molecule has 1 aromatic heterocycles. The molecule has 0 fully saturated rings. The average Bonchev–Trinajstić information content (AvgIpc) is 2.63. The molecule has 0 saturated carbocycles. The molecule has 0 radical (unpaired) electrons. The minimum atomic E-state index is -0.334. The number of phenols is 1.